The third-order valence-corrected chi connectivity index (χ3v) is 3.38. The number of esters is 1. The van der Waals surface area contributed by atoms with Gasteiger partial charge in [-0.3, -0.25) is 4.79 Å². The summed E-state index contributed by atoms with van der Waals surface area (Å²) in [5.41, 5.74) is -0.529. The van der Waals surface area contributed by atoms with Crippen LogP contribution in [0.5, 0.6) is 0 Å². The highest BCUT2D eigenvalue weighted by atomic mass is 16.5. The fraction of sp³-hybridized carbons (Fsp3) is 0.923. The number of carbonyl (C=O) groups excluding carboxylic acids is 1. The molecule has 0 radical (unpaired) electrons. The Morgan fingerprint density at radius 3 is 1.81 bits per heavy atom. The Bertz CT molecular complexity index is 244. The number of hydrogen-bond acceptors (Lipinski definition) is 2. The molecule has 0 saturated carbocycles. The minimum Gasteiger partial charge on any atom is -0.459 e. The quantitative estimate of drug-likeness (QED) is 0.547. The van der Waals surface area contributed by atoms with E-state index in [9.17, 15) is 4.79 Å². The molecule has 16 heavy (non-hydrogen) atoms. The smallest absolute Gasteiger partial charge is 0.312 e. The van der Waals surface area contributed by atoms with Gasteiger partial charge in [0.1, 0.15) is 13.2 Å². The largest absolute Gasteiger partial charge is 0.459 e. The lowest BCUT2D eigenvalue weighted by molar-refractivity contribution is -0.870. The molecule has 3 heteroatoms. The highest BCUT2D eigenvalue weighted by Gasteiger charge is 2.41. The predicted octanol–water partition coefficient (Wildman–Crippen LogP) is 2.31. The number of rotatable bonds is 4. The molecule has 96 valence electrons. The Morgan fingerprint density at radius 1 is 1.06 bits per heavy atom. The third-order valence-electron chi connectivity index (χ3n) is 3.38. The number of quaternary nitrogens is 1. The summed E-state index contributed by atoms with van der Waals surface area (Å²) in [6.07, 6.45) is 0. The lowest BCUT2D eigenvalue weighted by Crippen LogP contribution is -2.42. The van der Waals surface area contributed by atoms with Gasteiger partial charge in [0.05, 0.1) is 26.6 Å². The van der Waals surface area contributed by atoms with Crippen molar-refractivity contribution in [2.45, 2.75) is 34.6 Å². The molecular weight excluding hydrogens is 202 g/mol. The molecule has 0 aromatic carbocycles. The van der Waals surface area contributed by atoms with Crippen molar-refractivity contribution < 1.29 is 14.0 Å². The van der Waals surface area contributed by atoms with Crippen molar-refractivity contribution in [1.29, 1.82) is 0 Å². The molecule has 0 aliphatic heterocycles. The van der Waals surface area contributed by atoms with Crippen LogP contribution in [0.25, 0.3) is 0 Å². The molecule has 0 fully saturated rings. The van der Waals surface area contributed by atoms with Crippen molar-refractivity contribution in [3.63, 3.8) is 0 Å². The first-order chi connectivity index (χ1) is 6.88. The molecule has 0 aliphatic carbocycles. The van der Waals surface area contributed by atoms with E-state index in [0.717, 1.165) is 11.0 Å². The van der Waals surface area contributed by atoms with Crippen molar-refractivity contribution in [3.8, 4) is 0 Å². The van der Waals surface area contributed by atoms with Crippen LogP contribution >= 0.6 is 0 Å². The first-order valence-electron chi connectivity index (χ1n) is 5.85. The van der Waals surface area contributed by atoms with Crippen LogP contribution in [0.1, 0.15) is 34.6 Å². The molecule has 0 unspecified atom stereocenters. The van der Waals surface area contributed by atoms with E-state index in [-0.39, 0.29) is 11.4 Å². The summed E-state index contributed by atoms with van der Waals surface area (Å²) in [7, 11) is 6.26. The molecule has 0 bridgehead atoms. The first kappa shape index (κ1) is 15.4. The summed E-state index contributed by atoms with van der Waals surface area (Å²) in [5, 5.41) is 0. The Morgan fingerprint density at radius 2 is 1.50 bits per heavy atom. The second-order valence-electron chi connectivity index (χ2n) is 7.02. The molecule has 0 amide bonds. The van der Waals surface area contributed by atoms with Gasteiger partial charge < -0.3 is 9.22 Å². The minimum absolute atomic E-state index is 0.0827. The SMILES string of the molecule is CC(C)(C)C(C)(C)C(=O)OCC[N+](C)(C)C. The number of likely N-dealkylation sites (N-methyl/N-ethyl adjacent to an activating group) is 1. The predicted molar refractivity (Wildman–Crippen MR) is 67.1 cm³/mol. The van der Waals surface area contributed by atoms with Gasteiger partial charge in [0.25, 0.3) is 0 Å². The van der Waals surface area contributed by atoms with E-state index in [1.165, 1.54) is 0 Å². The summed E-state index contributed by atoms with van der Waals surface area (Å²) >= 11 is 0. The Labute approximate surface area is 100 Å². The first-order valence-corrected chi connectivity index (χ1v) is 5.85. The monoisotopic (exact) mass is 230 g/mol. The zero-order chi connectivity index (χ0) is 13.2. The normalized spacial score (nSPS) is 13.8. The lowest BCUT2D eigenvalue weighted by Gasteiger charge is -2.36. The molecule has 3 nitrogen and oxygen atoms in total. The number of hydrogen-bond donors (Lipinski definition) is 0. The van der Waals surface area contributed by atoms with E-state index in [0.29, 0.717) is 6.61 Å². The summed E-state index contributed by atoms with van der Waals surface area (Å²) in [4.78, 5) is 12.0. The molecule has 0 rings (SSSR count). The summed E-state index contributed by atoms with van der Waals surface area (Å²) < 4.78 is 6.16. The van der Waals surface area contributed by atoms with Crippen LogP contribution in [0.4, 0.5) is 0 Å². The van der Waals surface area contributed by atoms with E-state index in [4.69, 9.17) is 4.74 Å². The molecule has 0 atom stereocenters. The molecule has 0 aromatic heterocycles. The van der Waals surface area contributed by atoms with Crippen molar-refractivity contribution in [3.05, 3.63) is 0 Å². The van der Waals surface area contributed by atoms with Crippen LogP contribution < -0.4 is 0 Å². The Kier molecular flexibility index (Phi) is 4.57. The van der Waals surface area contributed by atoms with E-state index >= 15 is 0 Å². The van der Waals surface area contributed by atoms with Gasteiger partial charge in [-0.05, 0) is 19.3 Å². The van der Waals surface area contributed by atoms with E-state index in [2.05, 4.69) is 41.9 Å². The molecule has 0 aliphatic rings. The van der Waals surface area contributed by atoms with Gasteiger partial charge in [0.2, 0.25) is 0 Å². The van der Waals surface area contributed by atoms with Gasteiger partial charge in [-0.1, -0.05) is 20.8 Å². The number of ether oxygens (including phenoxy) is 1. The molecule has 0 heterocycles. The highest BCUT2D eigenvalue weighted by molar-refractivity contribution is 5.76. The second-order valence-corrected chi connectivity index (χ2v) is 7.02. The molecule has 0 aromatic rings. The van der Waals surface area contributed by atoms with Crippen LogP contribution in [0.15, 0.2) is 0 Å². The fourth-order valence-corrected chi connectivity index (χ4v) is 0.899. The van der Waals surface area contributed by atoms with Gasteiger partial charge in [-0.15, -0.1) is 0 Å². The van der Waals surface area contributed by atoms with Gasteiger partial charge in [0.15, 0.2) is 0 Å². The van der Waals surface area contributed by atoms with E-state index in [1.54, 1.807) is 0 Å². The van der Waals surface area contributed by atoms with Gasteiger partial charge in [-0.2, -0.15) is 0 Å². The average molecular weight is 230 g/mol. The van der Waals surface area contributed by atoms with Crippen molar-refractivity contribution in [1.82, 2.24) is 0 Å². The molecule has 0 saturated heterocycles. The minimum atomic E-state index is -0.447. The summed E-state index contributed by atoms with van der Waals surface area (Å²) in [5.74, 6) is -0.103. The maximum atomic E-state index is 12.0. The summed E-state index contributed by atoms with van der Waals surface area (Å²) in [6.45, 7) is 11.4. The lowest BCUT2D eigenvalue weighted by atomic mass is 9.69. The van der Waals surface area contributed by atoms with E-state index < -0.39 is 5.41 Å². The molecule has 0 N–H and O–H groups in total. The fourth-order valence-electron chi connectivity index (χ4n) is 0.899. The zero-order valence-electron chi connectivity index (χ0n) is 12.2. The summed E-state index contributed by atoms with van der Waals surface area (Å²) in [6, 6.07) is 0. The number of nitrogens with zero attached hydrogens (tertiary/aromatic N) is 1. The van der Waals surface area contributed by atoms with Crippen molar-refractivity contribution in [2.24, 2.45) is 10.8 Å². The maximum Gasteiger partial charge on any atom is 0.312 e. The van der Waals surface area contributed by atoms with Crippen LogP contribution in [-0.4, -0.2) is 44.7 Å². The Balaban J connectivity index is 4.28. The average Bonchev–Trinajstić information content (AvgIpc) is 1.99. The van der Waals surface area contributed by atoms with Crippen LogP contribution in [0.2, 0.25) is 0 Å². The van der Waals surface area contributed by atoms with Crippen LogP contribution in [0, 0.1) is 10.8 Å². The maximum absolute atomic E-state index is 12.0. The topological polar surface area (TPSA) is 26.3 Å². The second kappa shape index (κ2) is 4.74. The Hall–Kier alpha value is -0.570. The molecule has 0 spiro atoms. The van der Waals surface area contributed by atoms with Gasteiger partial charge in [-0.25, -0.2) is 0 Å². The zero-order valence-corrected chi connectivity index (χ0v) is 12.2. The van der Waals surface area contributed by atoms with Crippen molar-refractivity contribution in [2.75, 3.05) is 34.3 Å². The van der Waals surface area contributed by atoms with Crippen molar-refractivity contribution >= 4 is 5.97 Å². The molecular formula is C13H28NO2+. The third kappa shape index (κ3) is 4.52. The van der Waals surface area contributed by atoms with Gasteiger partial charge >= 0.3 is 5.97 Å². The highest BCUT2D eigenvalue weighted by Crippen LogP contribution is 2.38. The van der Waals surface area contributed by atoms with Gasteiger partial charge in [0, 0.05) is 0 Å². The number of carbonyl (C=O) groups is 1. The van der Waals surface area contributed by atoms with Crippen LogP contribution in [0.3, 0.4) is 0 Å². The van der Waals surface area contributed by atoms with Crippen LogP contribution in [-0.2, 0) is 9.53 Å². The van der Waals surface area contributed by atoms with E-state index in [1.807, 2.05) is 13.8 Å². The standard InChI is InChI=1S/C13H28NO2/c1-12(2,3)13(4,5)11(15)16-10-9-14(6,7)8/h9-10H2,1-8H3/q+1.